The molecule has 1 amide bonds. The summed E-state index contributed by atoms with van der Waals surface area (Å²) in [7, 11) is 0. The van der Waals surface area contributed by atoms with Crippen molar-refractivity contribution in [2.75, 3.05) is 6.54 Å². The molecule has 1 saturated carbocycles. The summed E-state index contributed by atoms with van der Waals surface area (Å²) in [6, 6.07) is 5.05. The van der Waals surface area contributed by atoms with E-state index in [4.69, 9.17) is 9.84 Å². The fourth-order valence-corrected chi connectivity index (χ4v) is 2.09. The SMILES string of the molecule is CC1(C)C[C@@H]1C(=O)NCC(Oc1ccc(F)cc1)C(=O)O. The molecule has 2 atom stereocenters. The molecular formula is C15H18FNO4. The minimum absolute atomic E-state index is 0.0133. The number of amides is 1. The number of benzene rings is 1. The van der Waals surface area contributed by atoms with Crippen LogP contribution in [0.1, 0.15) is 20.3 Å². The second kappa shape index (κ2) is 5.71. The largest absolute Gasteiger partial charge is 0.478 e. The second-order valence-electron chi connectivity index (χ2n) is 5.89. The van der Waals surface area contributed by atoms with Crippen molar-refractivity contribution in [2.24, 2.45) is 11.3 Å². The van der Waals surface area contributed by atoms with Gasteiger partial charge in [-0.1, -0.05) is 13.8 Å². The summed E-state index contributed by atoms with van der Waals surface area (Å²) in [6.07, 6.45) is -0.406. The van der Waals surface area contributed by atoms with Gasteiger partial charge in [0.15, 0.2) is 0 Å². The smallest absolute Gasteiger partial charge is 0.346 e. The highest BCUT2D eigenvalue weighted by Gasteiger charge is 2.50. The molecule has 0 spiro atoms. The number of carboxylic acids is 1. The molecule has 6 heteroatoms. The van der Waals surface area contributed by atoms with Gasteiger partial charge in [-0.15, -0.1) is 0 Å². The first-order valence-electron chi connectivity index (χ1n) is 6.72. The molecule has 0 heterocycles. The molecule has 21 heavy (non-hydrogen) atoms. The molecule has 1 aliphatic rings. The maximum atomic E-state index is 12.8. The van der Waals surface area contributed by atoms with E-state index in [1.165, 1.54) is 24.3 Å². The molecular weight excluding hydrogens is 277 g/mol. The van der Waals surface area contributed by atoms with E-state index >= 15 is 0 Å². The summed E-state index contributed by atoms with van der Waals surface area (Å²) in [5, 5.41) is 11.7. The van der Waals surface area contributed by atoms with Crippen molar-refractivity contribution in [3.63, 3.8) is 0 Å². The van der Waals surface area contributed by atoms with Gasteiger partial charge in [-0.25, -0.2) is 9.18 Å². The Morgan fingerprint density at radius 1 is 1.43 bits per heavy atom. The van der Waals surface area contributed by atoms with E-state index in [1.54, 1.807) is 0 Å². The molecule has 1 aliphatic carbocycles. The van der Waals surface area contributed by atoms with Gasteiger partial charge in [-0.3, -0.25) is 4.79 Å². The van der Waals surface area contributed by atoms with E-state index in [-0.39, 0.29) is 29.5 Å². The Morgan fingerprint density at radius 3 is 2.48 bits per heavy atom. The zero-order valence-electron chi connectivity index (χ0n) is 11.9. The lowest BCUT2D eigenvalue weighted by atomic mass is 10.1. The van der Waals surface area contributed by atoms with Crippen molar-refractivity contribution in [3.8, 4) is 5.75 Å². The van der Waals surface area contributed by atoms with Crippen LogP contribution in [-0.4, -0.2) is 29.6 Å². The molecule has 0 radical (unpaired) electrons. The predicted molar refractivity (Wildman–Crippen MR) is 73.3 cm³/mol. The number of carboxylic acid groups (broad SMARTS) is 1. The summed E-state index contributed by atoms with van der Waals surface area (Å²) in [6.45, 7) is 3.85. The topological polar surface area (TPSA) is 75.6 Å². The number of halogens is 1. The van der Waals surface area contributed by atoms with E-state index in [1.807, 2.05) is 13.8 Å². The maximum absolute atomic E-state index is 12.8. The Kier molecular flexibility index (Phi) is 4.16. The number of aliphatic carboxylic acids is 1. The first-order valence-corrected chi connectivity index (χ1v) is 6.72. The number of carbonyl (C=O) groups excluding carboxylic acids is 1. The highest BCUT2D eigenvalue weighted by molar-refractivity contribution is 5.83. The van der Waals surface area contributed by atoms with E-state index in [0.29, 0.717) is 0 Å². The van der Waals surface area contributed by atoms with Crippen molar-refractivity contribution < 1.29 is 23.8 Å². The lowest BCUT2D eigenvalue weighted by Crippen LogP contribution is -2.41. The van der Waals surface area contributed by atoms with E-state index in [0.717, 1.165) is 6.42 Å². The number of hydrogen-bond acceptors (Lipinski definition) is 3. The predicted octanol–water partition coefficient (Wildman–Crippen LogP) is 1.82. The van der Waals surface area contributed by atoms with Crippen LogP contribution in [0.3, 0.4) is 0 Å². The van der Waals surface area contributed by atoms with E-state index < -0.39 is 17.9 Å². The third-order valence-electron chi connectivity index (χ3n) is 3.66. The summed E-state index contributed by atoms with van der Waals surface area (Å²) in [5.74, 6) is -1.61. The average molecular weight is 295 g/mol. The van der Waals surface area contributed by atoms with E-state index in [2.05, 4.69) is 5.32 Å². The second-order valence-corrected chi connectivity index (χ2v) is 5.89. The molecule has 1 aromatic carbocycles. The molecule has 2 rings (SSSR count). The number of hydrogen-bond donors (Lipinski definition) is 2. The first kappa shape index (κ1) is 15.3. The lowest BCUT2D eigenvalue weighted by molar-refractivity contribution is -0.145. The Balaban J connectivity index is 1.89. The van der Waals surface area contributed by atoms with Gasteiger partial charge < -0.3 is 15.2 Å². The fourth-order valence-electron chi connectivity index (χ4n) is 2.09. The molecule has 0 bridgehead atoms. The third kappa shape index (κ3) is 3.93. The minimum Gasteiger partial charge on any atom is -0.478 e. The van der Waals surface area contributed by atoms with Gasteiger partial charge in [-0.2, -0.15) is 0 Å². The molecule has 2 N–H and O–H groups in total. The van der Waals surface area contributed by atoms with Crippen LogP contribution in [-0.2, 0) is 9.59 Å². The van der Waals surface area contributed by atoms with Gasteiger partial charge in [0.25, 0.3) is 0 Å². The zero-order chi connectivity index (χ0) is 15.6. The summed E-state index contributed by atoms with van der Waals surface area (Å²) in [5.41, 5.74) is -0.0133. The summed E-state index contributed by atoms with van der Waals surface area (Å²) in [4.78, 5) is 23.0. The minimum atomic E-state index is -1.21. The van der Waals surface area contributed by atoms with Crippen LogP contribution in [0.15, 0.2) is 24.3 Å². The quantitative estimate of drug-likeness (QED) is 0.839. The summed E-state index contributed by atoms with van der Waals surface area (Å²) >= 11 is 0. The van der Waals surface area contributed by atoms with Gasteiger partial charge in [0.2, 0.25) is 12.0 Å². The molecule has 0 saturated heterocycles. The lowest BCUT2D eigenvalue weighted by Gasteiger charge is -2.16. The van der Waals surface area contributed by atoms with Gasteiger partial charge >= 0.3 is 5.97 Å². The summed E-state index contributed by atoms with van der Waals surface area (Å²) < 4.78 is 18.0. The maximum Gasteiger partial charge on any atom is 0.346 e. The van der Waals surface area contributed by atoms with Crippen LogP contribution < -0.4 is 10.1 Å². The van der Waals surface area contributed by atoms with Gasteiger partial charge in [0, 0.05) is 5.92 Å². The fraction of sp³-hybridized carbons (Fsp3) is 0.467. The van der Waals surface area contributed by atoms with Crippen LogP contribution in [0.4, 0.5) is 4.39 Å². The van der Waals surface area contributed by atoms with Crippen LogP contribution in [0.5, 0.6) is 5.75 Å². The molecule has 0 aromatic heterocycles. The van der Waals surface area contributed by atoms with Gasteiger partial charge in [0.1, 0.15) is 11.6 Å². The van der Waals surface area contributed by atoms with Crippen molar-refractivity contribution in [1.82, 2.24) is 5.32 Å². The van der Waals surface area contributed by atoms with Crippen molar-refractivity contribution in [2.45, 2.75) is 26.4 Å². The average Bonchev–Trinajstić information content (AvgIpc) is 3.05. The van der Waals surface area contributed by atoms with Crippen molar-refractivity contribution in [3.05, 3.63) is 30.1 Å². The zero-order valence-corrected chi connectivity index (χ0v) is 11.9. The highest BCUT2D eigenvalue weighted by Crippen LogP contribution is 2.51. The Bertz CT molecular complexity index is 541. The third-order valence-corrected chi connectivity index (χ3v) is 3.66. The standard InChI is InChI=1S/C15H18FNO4/c1-15(2)7-11(15)13(18)17-8-12(14(19)20)21-10-5-3-9(16)4-6-10/h3-6,11-12H,7-8H2,1-2H3,(H,17,18)(H,19,20)/t11-,12?/m1/s1. The van der Waals surface area contributed by atoms with Crippen molar-refractivity contribution in [1.29, 1.82) is 0 Å². The van der Waals surface area contributed by atoms with Gasteiger partial charge in [0.05, 0.1) is 6.54 Å². The molecule has 1 fully saturated rings. The Labute approximate surface area is 122 Å². The number of rotatable bonds is 6. The van der Waals surface area contributed by atoms with Crippen LogP contribution in [0, 0.1) is 17.2 Å². The van der Waals surface area contributed by atoms with Crippen LogP contribution in [0.25, 0.3) is 0 Å². The Morgan fingerprint density at radius 2 is 2.00 bits per heavy atom. The molecule has 1 unspecified atom stereocenters. The normalized spacial score (nSPS) is 20.4. The molecule has 5 nitrogen and oxygen atoms in total. The highest BCUT2D eigenvalue weighted by atomic mass is 19.1. The van der Waals surface area contributed by atoms with Crippen LogP contribution in [0.2, 0.25) is 0 Å². The molecule has 1 aromatic rings. The number of carbonyl (C=O) groups is 2. The number of nitrogens with one attached hydrogen (secondary N) is 1. The van der Waals surface area contributed by atoms with Gasteiger partial charge in [-0.05, 0) is 36.1 Å². The van der Waals surface area contributed by atoms with Crippen LogP contribution >= 0.6 is 0 Å². The van der Waals surface area contributed by atoms with E-state index in [9.17, 15) is 14.0 Å². The van der Waals surface area contributed by atoms with Crippen molar-refractivity contribution >= 4 is 11.9 Å². The monoisotopic (exact) mass is 295 g/mol. The number of ether oxygens (including phenoxy) is 1. The molecule has 114 valence electrons. The molecule has 0 aliphatic heterocycles. The first-order chi connectivity index (χ1) is 9.79. The Hall–Kier alpha value is -2.11.